The minimum absolute atomic E-state index is 0.306. The van der Waals surface area contributed by atoms with Crippen molar-refractivity contribution in [2.24, 2.45) is 0 Å². The highest BCUT2D eigenvalue weighted by Gasteiger charge is 1.85. The minimum Gasteiger partial charge on any atom is -0.511 e. The third kappa shape index (κ3) is 696. The molecule has 0 aromatic heterocycles. The molecule has 0 aliphatic rings. The molecule has 0 radical (unpaired) electrons. The summed E-state index contributed by atoms with van der Waals surface area (Å²) in [6.45, 7) is 0. The molecule has 4 nitrogen and oxygen atoms in total. The topological polar surface area (TPSA) is 77.8 Å². The SMILES string of the molecule is O=[Si](O)O.O[SiH3]. The molecule has 6 heteroatoms. The smallest absolute Gasteiger partial charge is 0.511 e. The second kappa shape index (κ2) is 8.84. The zero-order valence-electron chi connectivity index (χ0n) is 3.25. The van der Waals surface area contributed by atoms with E-state index in [2.05, 4.69) is 0 Å². The van der Waals surface area contributed by atoms with Gasteiger partial charge in [0.2, 0.25) is 0 Å². The Morgan fingerprint density at radius 2 is 1.33 bits per heavy atom. The fourth-order valence-electron chi connectivity index (χ4n) is 0. The molecule has 0 amide bonds. The standard InChI is InChI=1S/H2O3Si.H4OSi/c1-4(2)3;1-2/h1-2H;1H,2H3. The van der Waals surface area contributed by atoms with E-state index >= 15 is 0 Å². The second-order valence-electron chi connectivity index (χ2n) is 0.283. The first kappa shape index (κ1) is 9.25. The Balaban J connectivity index is 0. The molecule has 0 heterocycles. The Morgan fingerprint density at radius 3 is 1.33 bits per heavy atom. The second-order valence-corrected chi connectivity index (χ2v) is 0.848. The highest BCUT2D eigenvalue weighted by molar-refractivity contribution is 6.22. The van der Waals surface area contributed by atoms with Gasteiger partial charge in [-0.2, -0.15) is 0 Å². The number of hydrogen-bond donors (Lipinski definition) is 3. The average Bonchev–Trinajstić information content (AvgIpc) is 1.41. The molecule has 0 saturated heterocycles. The van der Waals surface area contributed by atoms with Gasteiger partial charge in [0.15, 0.2) is 0 Å². The van der Waals surface area contributed by atoms with Crippen LogP contribution in [-0.2, 0) is 4.46 Å². The van der Waals surface area contributed by atoms with Gasteiger partial charge in [0.05, 0.1) is 0 Å². The van der Waals surface area contributed by atoms with Gasteiger partial charge >= 0.3 is 9.17 Å². The van der Waals surface area contributed by atoms with E-state index in [0.29, 0.717) is 10.5 Å². The predicted octanol–water partition coefficient (Wildman–Crippen LogP) is -3.35. The van der Waals surface area contributed by atoms with Crippen LogP contribution in [0.15, 0.2) is 0 Å². The van der Waals surface area contributed by atoms with Crippen LogP contribution in [0.4, 0.5) is 0 Å². The van der Waals surface area contributed by atoms with Crippen LogP contribution in [0.25, 0.3) is 0 Å². The van der Waals surface area contributed by atoms with Gasteiger partial charge in [-0.05, 0) is 0 Å². The highest BCUT2D eigenvalue weighted by Crippen LogP contribution is 1.27. The molecule has 0 aliphatic carbocycles. The van der Waals surface area contributed by atoms with Crippen molar-refractivity contribution in [2.45, 2.75) is 0 Å². The Morgan fingerprint density at radius 1 is 1.33 bits per heavy atom. The molecule has 0 rings (SSSR count). The molecule has 0 saturated carbocycles. The lowest BCUT2D eigenvalue weighted by atomic mass is 15.8. The minimum atomic E-state index is -3.13. The molecule has 0 bridgehead atoms. The fourth-order valence-corrected chi connectivity index (χ4v) is 0. The van der Waals surface area contributed by atoms with Crippen molar-refractivity contribution in [3.63, 3.8) is 0 Å². The first-order valence-corrected chi connectivity index (χ1v) is 3.30. The summed E-state index contributed by atoms with van der Waals surface area (Å²) >= 11 is 0. The van der Waals surface area contributed by atoms with E-state index in [1.165, 1.54) is 0 Å². The van der Waals surface area contributed by atoms with Crippen LogP contribution in [-0.4, -0.2) is 34.0 Å². The maximum atomic E-state index is 8.74. The molecular weight excluding hydrogens is 120 g/mol. The molecule has 0 aromatic carbocycles. The van der Waals surface area contributed by atoms with E-state index in [1.54, 1.807) is 0 Å². The number of hydrogen-bond acceptors (Lipinski definition) is 2. The van der Waals surface area contributed by atoms with Gasteiger partial charge in [0, 0.05) is 0 Å². The van der Waals surface area contributed by atoms with E-state index in [1.807, 2.05) is 0 Å². The lowest BCUT2D eigenvalue weighted by molar-refractivity contribution is 0.330. The average molecular weight is 126 g/mol. The van der Waals surface area contributed by atoms with Crippen LogP contribution in [0.3, 0.4) is 0 Å². The Kier molecular flexibility index (Phi) is 13.6. The predicted molar refractivity (Wildman–Crippen MR) is 23.0 cm³/mol. The largest absolute Gasteiger partial charge is 0.761 e. The first-order valence-electron chi connectivity index (χ1n) is 1.10. The molecule has 0 unspecified atom stereocenters. The van der Waals surface area contributed by atoms with Crippen molar-refractivity contribution in [3.05, 3.63) is 0 Å². The maximum Gasteiger partial charge on any atom is 0.761 e. The molecule has 3 N–H and O–H groups in total. The van der Waals surface area contributed by atoms with E-state index in [9.17, 15) is 0 Å². The van der Waals surface area contributed by atoms with Crippen molar-refractivity contribution >= 4 is 19.7 Å². The Hall–Kier alpha value is -0.206. The summed E-state index contributed by atoms with van der Waals surface area (Å²) < 4.78 is 8.74. The van der Waals surface area contributed by atoms with Crippen LogP contribution in [0.2, 0.25) is 0 Å². The van der Waals surface area contributed by atoms with Crippen molar-refractivity contribution < 1.29 is 18.8 Å². The van der Waals surface area contributed by atoms with Gasteiger partial charge in [-0.1, -0.05) is 0 Å². The van der Waals surface area contributed by atoms with Crippen LogP contribution in [0.1, 0.15) is 0 Å². The number of rotatable bonds is 0. The molecule has 0 aromatic rings. The van der Waals surface area contributed by atoms with Crippen molar-refractivity contribution in [1.29, 1.82) is 0 Å². The summed E-state index contributed by atoms with van der Waals surface area (Å²) in [5, 5.41) is 0. The van der Waals surface area contributed by atoms with E-state index in [-0.39, 0.29) is 0 Å². The maximum absolute atomic E-state index is 8.74. The molecule has 38 valence electrons. The zero-order chi connectivity index (χ0) is 5.58. The Bertz CT molecular complexity index is 28.5. The summed E-state index contributed by atoms with van der Waals surface area (Å²) in [7, 11) is -2.82. The third-order valence-corrected chi connectivity index (χ3v) is 0. The zero-order valence-corrected chi connectivity index (χ0v) is 6.25. The monoisotopic (exact) mass is 126 g/mol. The fraction of sp³-hybridized carbons (Fsp3) is 0. The Labute approximate surface area is 39.5 Å². The molecule has 0 spiro atoms. The highest BCUT2D eigenvalue weighted by atomic mass is 28.3. The van der Waals surface area contributed by atoms with Gasteiger partial charge < -0.3 is 14.4 Å². The van der Waals surface area contributed by atoms with Gasteiger partial charge in [0.1, 0.15) is 10.5 Å². The van der Waals surface area contributed by atoms with E-state index in [4.69, 9.17) is 18.8 Å². The van der Waals surface area contributed by atoms with Gasteiger partial charge in [0.25, 0.3) is 0 Å². The summed E-state index contributed by atoms with van der Waals surface area (Å²) in [4.78, 5) is 21.5. The summed E-state index contributed by atoms with van der Waals surface area (Å²) in [6.07, 6.45) is 0. The van der Waals surface area contributed by atoms with Gasteiger partial charge in [-0.25, -0.2) is 0 Å². The van der Waals surface area contributed by atoms with E-state index < -0.39 is 9.17 Å². The van der Waals surface area contributed by atoms with Gasteiger partial charge in [-0.3, -0.25) is 4.46 Å². The molecule has 0 fully saturated rings. The van der Waals surface area contributed by atoms with Crippen LogP contribution >= 0.6 is 0 Å². The van der Waals surface area contributed by atoms with Crippen LogP contribution in [0, 0.1) is 0 Å². The van der Waals surface area contributed by atoms with Crippen LogP contribution < -0.4 is 0 Å². The summed E-state index contributed by atoms with van der Waals surface area (Å²) in [5.74, 6) is 0. The lowest BCUT2D eigenvalue weighted by Gasteiger charge is -1.55. The summed E-state index contributed by atoms with van der Waals surface area (Å²) in [6, 6.07) is 0. The molecule has 0 aliphatic heterocycles. The molecular formula is H6O4Si2. The lowest BCUT2D eigenvalue weighted by Crippen LogP contribution is -1.90. The quantitative estimate of drug-likeness (QED) is 0.296. The first-order chi connectivity index (χ1) is 2.73. The van der Waals surface area contributed by atoms with E-state index in [0.717, 1.165) is 0 Å². The summed E-state index contributed by atoms with van der Waals surface area (Å²) in [5.41, 5.74) is 0. The molecule has 0 atom stereocenters. The van der Waals surface area contributed by atoms with Crippen LogP contribution in [0.5, 0.6) is 0 Å². The molecule has 6 heavy (non-hydrogen) atoms. The van der Waals surface area contributed by atoms with Gasteiger partial charge in [-0.15, -0.1) is 0 Å². The third-order valence-electron chi connectivity index (χ3n) is 0. The van der Waals surface area contributed by atoms with Crippen molar-refractivity contribution in [1.82, 2.24) is 0 Å². The van der Waals surface area contributed by atoms with Crippen molar-refractivity contribution in [2.75, 3.05) is 0 Å². The normalized spacial score (nSPS) is 5.50. The van der Waals surface area contributed by atoms with Crippen molar-refractivity contribution in [3.8, 4) is 0 Å².